The second-order valence-corrected chi connectivity index (χ2v) is 5.48. The summed E-state index contributed by atoms with van der Waals surface area (Å²) in [6.07, 6.45) is 3.11. The first-order valence-electron chi connectivity index (χ1n) is 8.21. The first-order chi connectivity index (χ1) is 10.7. The second kappa shape index (κ2) is 12.5. The fourth-order valence-corrected chi connectivity index (χ4v) is 1.76. The maximum atomic E-state index is 5.52. The van der Waals surface area contributed by atoms with Crippen molar-refractivity contribution in [2.24, 2.45) is 0 Å². The third-order valence-corrected chi connectivity index (χ3v) is 2.96. The fourth-order valence-electron chi connectivity index (χ4n) is 1.76. The zero-order valence-corrected chi connectivity index (χ0v) is 14.2. The summed E-state index contributed by atoms with van der Waals surface area (Å²) in [5, 5.41) is 14.8. The number of rotatable bonds is 14. The van der Waals surface area contributed by atoms with Gasteiger partial charge in [-0.05, 0) is 13.0 Å². The first kappa shape index (κ1) is 19.0. The van der Waals surface area contributed by atoms with E-state index in [1.165, 1.54) is 0 Å². The van der Waals surface area contributed by atoms with Gasteiger partial charge in [0.1, 0.15) is 0 Å². The van der Waals surface area contributed by atoms with Crippen LogP contribution < -0.4 is 10.6 Å². The molecule has 0 radical (unpaired) electrons. The van der Waals surface area contributed by atoms with Gasteiger partial charge in [-0.25, -0.2) is 4.68 Å². The van der Waals surface area contributed by atoms with Crippen molar-refractivity contribution < 1.29 is 9.47 Å². The molecule has 0 fully saturated rings. The topological polar surface area (TPSA) is 73.2 Å². The molecular formula is C15H31N5O2. The minimum absolute atomic E-state index is 0.450. The zero-order valence-electron chi connectivity index (χ0n) is 14.2. The molecule has 0 aliphatic rings. The van der Waals surface area contributed by atoms with E-state index in [4.69, 9.17) is 9.47 Å². The quantitative estimate of drug-likeness (QED) is 0.495. The van der Waals surface area contributed by atoms with Crippen molar-refractivity contribution in [2.75, 3.05) is 39.5 Å². The van der Waals surface area contributed by atoms with Gasteiger partial charge in [0.15, 0.2) is 0 Å². The molecule has 1 heterocycles. The van der Waals surface area contributed by atoms with Crippen LogP contribution in [0.4, 0.5) is 0 Å². The number of nitrogens with one attached hydrogen (secondary N) is 2. The molecule has 0 unspecified atom stereocenters. The number of nitrogens with zero attached hydrogens (tertiary/aromatic N) is 3. The number of hydrogen-bond acceptors (Lipinski definition) is 6. The molecule has 0 saturated heterocycles. The molecule has 7 nitrogen and oxygen atoms in total. The number of hydrogen-bond donors (Lipinski definition) is 2. The van der Waals surface area contributed by atoms with Crippen LogP contribution in [0.5, 0.6) is 0 Å². The molecule has 22 heavy (non-hydrogen) atoms. The molecule has 1 aromatic rings. The van der Waals surface area contributed by atoms with Gasteiger partial charge in [-0.1, -0.05) is 26.0 Å². The van der Waals surface area contributed by atoms with Crippen molar-refractivity contribution in [3.63, 3.8) is 0 Å². The Balaban J connectivity index is 1.94. The van der Waals surface area contributed by atoms with Gasteiger partial charge in [-0.2, -0.15) is 0 Å². The Morgan fingerprint density at radius 3 is 2.64 bits per heavy atom. The molecule has 0 atom stereocenters. The predicted octanol–water partition coefficient (Wildman–Crippen LogP) is 0.809. The smallest absolute Gasteiger partial charge is 0.0964 e. The monoisotopic (exact) mass is 313 g/mol. The summed E-state index contributed by atoms with van der Waals surface area (Å²) in [6.45, 7) is 12.4. The highest BCUT2D eigenvalue weighted by Crippen LogP contribution is 1.94. The van der Waals surface area contributed by atoms with Gasteiger partial charge in [0, 0.05) is 25.3 Å². The maximum Gasteiger partial charge on any atom is 0.0964 e. The Labute approximate surface area is 133 Å². The highest BCUT2D eigenvalue weighted by atomic mass is 16.5. The van der Waals surface area contributed by atoms with Crippen molar-refractivity contribution in [3.8, 4) is 0 Å². The van der Waals surface area contributed by atoms with Gasteiger partial charge in [0.2, 0.25) is 0 Å². The lowest BCUT2D eigenvalue weighted by Gasteiger charge is -2.06. The summed E-state index contributed by atoms with van der Waals surface area (Å²) in [6, 6.07) is 0.450. The Morgan fingerprint density at radius 2 is 1.91 bits per heavy atom. The Kier molecular flexibility index (Phi) is 10.8. The summed E-state index contributed by atoms with van der Waals surface area (Å²) in [7, 11) is 0. The van der Waals surface area contributed by atoms with Crippen molar-refractivity contribution >= 4 is 0 Å². The SMILES string of the molecule is CCCNCCOCCOCCn1cc(CNC(C)C)nn1. The van der Waals surface area contributed by atoms with Gasteiger partial charge < -0.3 is 20.1 Å². The van der Waals surface area contributed by atoms with Crippen LogP contribution >= 0.6 is 0 Å². The average Bonchev–Trinajstić information content (AvgIpc) is 2.95. The lowest BCUT2D eigenvalue weighted by molar-refractivity contribution is 0.0449. The van der Waals surface area contributed by atoms with Gasteiger partial charge in [-0.3, -0.25) is 0 Å². The van der Waals surface area contributed by atoms with Crippen molar-refractivity contribution in [1.29, 1.82) is 0 Å². The highest BCUT2D eigenvalue weighted by Gasteiger charge is 2.01. The molecule has 0 saturated carbocycles. The molecule has 0 spiro atoms. The first-order valence-corrected chi connectivity index (χ1v) is 8.21. The van der Waals surface area contributed by atoms with E-state index >= 15 is 0 Å². The highest BCUT2D eigenvalue weighted by molar-refractivity contribution is 4.91. The van der Waals surface area contributed by atoms with Gasteiger partial charge in [0.25, 0.3) is 0 Å². The van der Waals surface area contributed by atoms with E-state index < -0.39 is 0 Å². The molecule has 1 rings (SSSR count). The van der Waals surface area contributed by atoms with Crippen LogP contribution in [0.1, 0.15) is 32.9 Å². The molecular weight excluding hydrogens is 282 g/mol. The molecule has 1 aromatic heterocycles. The fraction of sp³-hybridized carbons (Fsp3) is 0.867. The van der Waals surface area contributed by atoms with Gasteiger partial charge in [-0.15, -0.1) is 5.10 Å². The Bertz CT molecular complexity index is 371. The van der Waals surface area contributed by atoms with E-state index in [0.29, 0.717) is 32.4 Å². The van der Waals surface area contributed by atoms with E-state index in [1.807, 2.05) is 10.9 Å². The minimum atomic E-state index is 0.450. The summed E-state index contributed by atoms with van der Waals surface area (Å²) in [5.74, 6) is 0. The normalized spacial score (nSPS) is 11.5. The second-order valence-electron chi connectivity index (χ2n) is 5.48. The van der Waals surface area contributed by atoms with Gasteiger partial charge >= 0.3 is 0 Å². The Morgan fingerprint density at radius 1 is 1.14 bits per heavy atom. The molecule has 0 aliphatic heterocycles. The molecule has 7 heteroatoms. The number of ether oxygens (including phenoxy) is 2. The van der Waals surface area contributed by atoms with Crippen LogP contribution in [0, 0.1) is 0 Å². The van der Waals surface area contributed by atoms with Crippen molar-refractivity contribution in [1.82, 2.24) is 25.6 Å². The number of aromatic nitrogens is 3. The van der Waals surface area contributed by atoms with Crippen LogP contribution in [0.3, 0.4) is 0 Å². The van der Waals surface area contributed by atoms with E-state index in [2.05, 4.69) is 41.7 Å². The average molecular weight is 313 g/mol. The Hall–Kier alpha value is -1.02. The zero-order chi connectivity index (χ0) is 16.0. The summed E-state index contributed by atoms with van der Waals surface area (Å²) in [4.78, 5) is 0. The third-order valence-electron chi connectivity index (χ3n) is 2.96. The minimum Gasteiger partial charge on any atom is -0.378 e. The van der Waals surface area contributed by atoms with E-state index in [1.54, 1.807) is 0 Å². The summed E-state index contributed by atoms with van der Waals surface area (Å²) in [5.41, 5.74) is 0.955. The van der Waals surface area contributed by atoms with E-state index in [0.717, 1.165) is 38.4 Å². The standard InChI is InChI=1S/C15H31N5O2/c1-4-5-16-6-8-21-10-11-22-9-7-20-13-15(18-19-20)12-17-14(2)3/h13-14,16-17H,4-12H2,1-3H3. The summed E-state index contributed by atoms with van der Waals surface area (Å²) >= 11 is 0. The van der Waals surface area contributed by atoms with E-state index in [-0.39, 0.29) is 0 Å². The van der Waals surface area contributed by atoms with E-state index in [9.17, 15) is 0 Å². The molecule has 128 valence electrons. The van der Waals surface area contributed by atoms with Crippen LogP contribution in [0.15, 0.2) is 6.20 Å². The predicted molar refractivity (Wildman–Crippen MR) is 86.8 cm³/mol. The van der Waals surface area contributed by atoms with Crippen LogP contribution in [0.25, 0.3) is 0 Å². The molecule has 0 aromatic carbocycles. The maximum absolute atomic E-state index is 5.52. The van der Waals surface area contributed by atoms with Crippen LogP contribution in [0.2, 0.25) is 0 Å². The lowest BCUT2D eigenvalue weighted by Crippen LogP contribution is -2.22. The molecule has 0 amide bonds. The molecule has 0 aliphatic carbocycles. The lowest BCUT2D eigenvalue weighted by atomic mass is 10.3. The molecule has 2 N–H and O–H groups in total. The largest absolute Gasteiger partial charge is 0.378 e. The van der Waals surface area contributed by atoms with Crippen molar-refractivity contribution in [2.45, 2.75) is 46.3 Å². The summed E-state index contributed by atoms with van der Waals surface area (Å²) < 4.78 is 12.8. The van der Waals surface area contributed by atoms with Gasteiger partial charge in [0.05, 0.1) is 38.7 Å². The molecule has 0 bridgehead atoms. The van der Waals surface area contributed by atoms with Crippen LogP contribution in [-0.4, -0.2) is 60.6 Å². The van der Waals surface area contributed by atoms with Crippen LogP contribution in [-0.2, 0) is 22.6 Å². The van der Waals surface area contributed by atoms with Crippen molar-refractivity contribution in [3.05, 3.63) is 11.9 Å². The third kappa shape index (κ3) is 9.83.